The highest BCUT2D eigenvalue weighted by atomic mass is 16.6. The molecule has 0 aromatic heterocycles. The first-order valence-electron chi connectivity index (χ1n) is 9.35. The second kappa shape index (κ2) is 7.23. The Balaban J connectivity index is 1.89. The van der Waals surface area contributed by atoms with Crippen molar-refractivity contribution in [1.29, 1.82) is 0 Å². The number of ketones is 1. The number of Topliss-reactive ketones (excluding diaryl/α,β-unsaturated/α-hetero) is 1. The van der Waals surface area contributed by atoms with E-state index in [1.165, 1.54) is 6.26 Å². The van der Waals surface area contributed by atoms with Gasteiger partial charge in [0.05, 0.1) is 6.26 Å². The minimum atomic E-state index is -1.25. The third-order valence-electron chi connectivity index (χ3n) is 5.28. The maximum absolute atomic E-state index is 12.7. The second-order valence-electron chi connectivity index (χ2n) is 7.32. The van der Waals surface area contributed by atoms with E-state index in [0.29, 0.717) is 23.3 Å². The first-order chi connectivity index (χ1) is 12.4. The van der Waals surface area contributed by atoms with Crippen molar-refractivity contribution in [3.8, 4) is 0 Å². The summed E-state index contributed by atoms with van der Waals surface area (Å²) in [5.41, 5.74) is 0.628. The summed E-state index contributed by atoms with van der Waals surface area (Å²) in [6.07, 6.45) is 9.44. The van der Waals surface area contributed by atoms with Crippen LogP contribution < -0.4 is 0 Å². The fraction of sp³-hybridized carbons (Fsp3) is 0.524. The Morgan fingerprint density at radius 1 is 1.23 bits per heavy atom. The number of unbranched alkanes of at least 4 members (excludes halogenated alkanes) is 4. The predicted molar refractivity (Wildman–Crippen MR) is 96.9 cm³/mol. The number of rotatable bonds is 7. The number of hydrogen-bond donors (Lipinski definition) is 1. The van der Waals surface area contributed by atoms with E-state index in [1.54, 1.807) is 26.0 Å². The van der Waals surface area contributed by atoms with Gasteiger partial charge in [-0.05, 0) is 38.0 Å². The van der Waals surface area contributed by atoms with E-state index >= 15 is 0 Å². The number of ether oxygens (including phenoxy) is 2. The fourth-order valence-electron chi connectivity index (χ4n) is 3.71. The van der Waals surface area contributed by atoms with E-state index in [9.17, 15) is 14.7 Å². The molecule has 26 heavy (non-hydrogen) atoms. The van der Waals surface area contributed by atoms with Crippen molar-refractivity contribution in [3.63, 3.8) is 0 Å². The van der Waals surface area contributed by atoms with E-state index in [1.807, 2.05) is 0 Å². The van der Waals surface area contributed by atoms with Crippen LogP contribution in [0.25, 0.3) is 0 Å². The molecule has 0 spiro atoms. The van der Waals surface area contributed by atoms with Crippen LogP contribution in [0, 0.1) is 0 Å². The van der Waals surface area contributed by atoms with Crippen LogP contribution in [0.5, 0.6) is 0 Å². The maximum atomic E-state index is 12.7. The van der Waals surface area contributed by atoms with Gasteiger partial charge >= 0.3 is 5.97 Å². The number of esters is 1. The van der Waals surface area contributed by atoms with Crippen LogP contribution in [0.15, 0.2) is 46.5 Å². The lowest BCUT2D eigenvalue weighted by Crippen LogP contribution is -2.45. The lowest BCUT2D eigenvalue weighted by molar-refractivity contribution is -0.152. The van der Waals surface area contributed by atoms with Gasteiger partial charge in [-0.3, -0.25) is 4.79 Å². The first kappa shape index (κ1) is 18.6. The van der Waals surface area contributed by atoms with Crippen LogP contribution in [-0.4, -0.2) is 28.6 Å². The van der Waals surface area contributed by atoms with Gasteiger partial charge in [-0.1, -0.05) is 32.6 Å². The zero-order valence-corrected chi connectivity index (χ0v) is 15.6. The van der Waals surface area contributed by atoms with Gasteiger partial charge < -0.3 is 14.6 Å². The second-order valence-corrected chi connectivity index (χ2v) is 7.32. The molecule has 0 radical (unpaired) electrons. The van der Waals surface area contributed by atoms with Crippen molar-refractivity contribution in [2.75, 3.05) is 0 Å². The normalized spacial score (nSPS) is 27.0. The van der Waals surface area contributed by atoms with Crippen molar-refractivity contribution in [2.24, 2.45) is 0 Å². The summed E-state index contributed by atoms with van der Waals surface area (Å²) in [6.45, 7) is 5.59. The van der Waals surface area contributed by atoms with Gasteiger partial charge in [0.25, 0.3) is 0 Å². The molecule has 0 fully saturated rings. The molecular formula is C21H26O5. The molecule has 0 saturated carbocycles. The Morgan fingerprint density at radius 2 is 1.96 bits per heavy atom. The van der Waals surface area contributed by atoms with Crippen molar-refractivity contribution in [2.45, 2.75) is 71.0 Å². The Bertz CT molecular complexity index is 752. The molecule has 5 heteroatoms. The molecule has 2 atom stereocenters. The largest absolute Gasteiger partial charge is 0.469 e. The average molecular weight is 358 g/mol. The topological polar surface area (TPSA) is 72.8 Å². The first-order valence-corrected chi connectivity index (χ1v) is 9.35. The number of carbonyl (C=O) groups is 2. The summed E-state index contributed by atoms with van der Waals surface area (Å²) < 4.78 is 10.8. The number of allylic oxidation sites excluding steroid dienone is 2. The molecule has 1 N–H and O–H groups in total. The van der Waals surface area contributed by atoms with Crippen molar-refractivity contribution >= 4 is 11.8 Å². The van der Waals surface area contributed by atoms with Crippen LogP contribution >= 0.6 is 0 Å². The highest BCUT2D eigenvalue weighted by Gasteiger charge is 2.53. The molecule has 2 unspecified atom stereocenters. The quantitative estimate of drug-likeness (QED) is 0.427. The van der Waals surface area contributed by atoms with Crippen LogP contribution in [0.3, 0.4) is 0 Å². The number of aliphatic hydroxyl groups is 1. The van der Waals surface area contributed by atoms with Crippen molar-refractivity contribution in [1.82, 2.24) is 0 Å². The van der Waals surface area contributed by atoms with Crippen molar-refractivity contribution < 1.29 is 24.2 Å². The molecule has 0 aromatic carbocycles. The van der Waals surface area contributed by atoms with E-state index in [4.69, 9.17) is 9.47 Å². The number of carbonyl (C=O) groups excluding carboxylic acids is 2. The molecule has 1 aliphatic carbocycles. The van der Waals surface area contributed by atoms with Crippen LogP contribution in [-0.2, 0) is 19.1 Å². The van der Waals surface area contributed by atoms with Gasteiger partial charge in [0.15, 0.2) is 11.4 Å². The standard InChI is InChI=1S/C21H26O5/c1-4-5-6-7-8-9-17(22)18-16-11-14-10-13(2)25-12-15(14)19(23)21(16,3)26-20(18)24/h10-12,19,23H,4-9H2,1-3H3. The van der Waals surface area contributed by atoms with E-state index in [-0.39, 0.29) is 11.4 Å². The third-order valence-corrected chi connectivity index (χ3v) is 5.28. The number of fused-ring (bicyclic) bond motifs is 2. The fourth-order valence-corrected chi connectivity index (χ4v) is 3.71. The van der Waals surface area contributed by atoms with Crippen LogP contribution in [0.2, 0.25) is 0 Å². The Kier molecular flexibility index (Phi) is 5.19. The molecule has 2 heterocycles. The summed E-state index contributed by atoms with van der Waals surface area (Å²) in [7, 11) is 0. The van der Waals surface area contributed by atoms with Crippen molar-refractivity contribution in [3.05, 3.63) is 46.5 Å². The molecule has 2 aliphatic heterocycles. The molecule has 3 aliphatic rings. The highest BCUT2D eigenvalue weighted by molar-refractivity contribution is 6.20. The van der Waals surface area contributed by atoms with Gasteiger partial charge in [0, 0.05) is 17.6 Å². The van der Waals surface area contributed by atoms with Gasteiger partial charge in [-0.25, -0.2) is 4.79 Å². The molecule has 5 nitrogen and oxygen atoms in total. The van der Waals surface area contributed by atoms with Gasteiger partial charge in [-0.15, -0.1) is 0 Å². The molecule has 0 amide bonds. The van der Waals surface area contributed by atoms with E-state index in [0.717, 1.165) is 37.7 Å². The summed E-state index contributed by atoms with van der Waals surface area (Å²) in [4.78, 5) is 25.1. The lowest BCUT2D eigenvalue weighted by atomic mass is 9.75. The average Bonchev–Trinajstić information content (AvgIpc) is 2.85. The summed E-state index contributed by atoms with van der Waals surface area (Å²) in [5.74, 6) is -0.155. The molecule has 140 valence electrons. The number of hydrogen-bond acceptors (Lipinski definition) is 5. The Morgan fingerprint density at radius 3 is 2.69 bits per heavy atom. The monoisotopic (exact) mass is 358 g/mol. The number of aliphatic hydroxyl groups excluding tert-OH is 1. The van der Waals surface area contributed by atoms with Gasteiger partial charge in [0.1, 0.15) is 17.4 Å². The molecular weight excluding hydrogens is 332 g/mol. The zero-order valence-electron chi connectivity index (χ0n) is 15.6. The van der Waals surface area contributed by atoms with E-state index in [2.05, 4.69) is 6.92 Å². The molecule has 0 saturated heterocycles. The predicted octanol–water partition coefficient (Wildman–Crippen LogP) is 3.65. The lowest BCUT2D eigenvalue weighted by Gasteiger charge is -2.37. The Labute approximate surface area is 154 Å². The van der Waals surface area contributed by atoms with E-state index < -0.39 is 17.7 Å². The smallest absolute Gasteiger partial charge is 0.343 e. The highest BCUT2D eigenvalue weighted by Crippen LogP contribution is 2.46. The van der Waals surface area contributed by atoms with Gasteiger partial charge in [-0.2, -0.15) is 0 Å². The minimum Gasteiger partial charge on any atom is -0.469 e. The summed E-state index contributed by atoms with van der Waals surface area (Å²) >= 11 is 0. The summed E-state index contributed by atoms with van der Waals surface area (Å²) in [6, 6.07) is 0. The van der Waals surface area contributed by atoms with Crippen LogP contribution in [0.4, 0.5) is 0 Å². The SMILES string of the molecule is CCCCCCCC(=O)C1=C2C=C3C=C(C)OC=C3C(O)C2(C)OC1=O. The third kappa shape index (κ3) is 3.16. The Hall–Kier alpha value is -2.14. The molecule has 0 bridgehead atoms. The zero-order chi connectivity index (χ0) is 18.9. The molecule has 0 aromatic rings. The summed E-state index contributed by atoms with van der Waals surface area (Å²) in [5, 5.41) is 10.8. The molecule has 3 rings (SSSR count). The van der Waals surface area contributed by atoms with Crippen LogP contribution in [0.1, 0.15) is 59.3 Å². The maximum Gasteiger partial charge on any atom is 0.343 e. The van der Waals surface area contributed by atoms with Gasteiger partial charge in [0.2, 0.25) is 0 Å². The minimum absolute atomic E-state index is 0.0890.